The number of halogens is 1. The molecule has 1 fully saturated rings. The standard InChI is InChI=1S/C18H18FNO/c1-2-12-5-3-4-6-17(12)20-18(21)16-11-15(16)13-7-9-14(19)10-8-13/h3-10,15-16H,2,11H2,1H3,(H,20,21)/t15-,16+/m0/s1. The molecule has 3 heteroatoms. The van der Waals surface area contributed by atoms with Gasteiger partial charge in [-0.1, -0.05) is 37.3 Å². The molecule has 2 nitrogen and oxygen atoms in total. The highest BCUT2D eigenvalue weighted by atomic mass is 19.1. The summed E-state index contributed by atoms with van der Waals surface area (Å²) in [6.07, 6.45) is 1.73. The molecule has 0 unspecified atom stereocenters. The molecule has 1 saturated carbocycles. The van der Waals surface area contributed by atoms with Crippen LogP contribution in [0.25, 0.3) is 0 Å². The number of rotatable bonds is 4. The van der Waals surface area contributed by atoms with Gasteiger partial charge in [0.15, 0.2) is 0 Å². The van der Waals surface area contributed by atoms with E-state index in [9.17, 15) is 9.18 Å². The van der Waals surface area contributed by atoms with Crippen LogP contribution in [0, 0.1) is 11.7 Å². The average Bonchev–Trinajstić information content (AvgIpc) is 3.29. The number of carbonyl (C=O) groups is 1. The van der Waals surface area contributed by atoms with Gasteiger partial charge in [0.05, 0.1) is 0 Å². The lowest BCUT2D eigenvalue weighted by Crippen LogP contribution is -2.15. The van der Waals surface area contributed by atoms with E-state index in [-0.39, 0.29) is 23.6 Å². The van der Waals surface area contributed by atoms with E-state index < -0.39 is 0 Å². The van der Waals surface area contributed by atoms with Gasteiger partial charge in [-0.25, -0.2) is 4.39 Å². The van der Waals surface area contributed by atoms with Gasteiger partial charge in [-0.3, -0.25) is 4.79 Å². The van der Waals surface area contributed by atoms with Crippen LogP contribution in [0.2, 0.25) is 0 Å². The fourth-order valence-electron chi connectivity index (χ4n) is 2.74. The van der Waals surface area contributed by atoms with Gasteiger partial charge in [0.25, 0.3) is 0 Å². The maximum absolute atomic E-state index is 12.9. The van der Waals surface area contributed by atoms with E-state index in [1.54, 1.807) is 12.1 Å². The molecule has 1 aliphatic carbocycles. The Kier molecular flexibility index (Phi) is 3.74. The van der Waals surface area contributed by atoms with E-state index in [1.165, 1.54) is 12.1 Å². The molecule has 108 valence electrons. The van der Waals surface area contributed by atoms with Gasteiger partial charge in [0.1, 0.15) is 5.82 Å². The minimum absolute atomic E-state index is 0.000346. The third-order valence-corrected chi connectivity index (χ3v) is 4.08. The van der Waals surface area contributed by atoms with Crippen molar-refractivity contribution < 1.29 is 9.18 Å². The lowest BCUT2D eigenvalue weighted by atomic mass is 10.1. The van der Waals surface area contributed by atoms with E-state index >= 15 is 0 Å². The Morgan fingerprint density at radius 2 is 1.90 bits per heavy atom. The topological polar surface area (TPSA) is 29.1 Å². The van der Waals surface area contributed by atoms with Gasteiger partial charge in [-0.05, 0) is 48.1 Å². The molecule has 21 heavy (non-hydrogen) atoms. The first-order chi connectivity index (χ1) is 10.2. The first-order valence-corrected chi connectivity index (χ1v) is 7.33. The number of hydrogen-bond acceptors (Lipinski definition) is 1. The van der Waals surface area contributed by atoms with Crippen molar-refractivity contribution in [1.82, 2.24) is 0 Å². The predicted molar refractivity (Wildman–Crippen MR) is 81.7 cm³/mol. The molecule has 1 amide bonds. The van der Waals surface area contributed by atoms with E-state index in [0.29, 0.717) is 0 Å². The smallest absolute Gasteiger partial charge is 0.228 e. The lowest BCUT2D eigenvalue weighted by molar-refractivity contribution is -0.117. The third-order valence-electron chi connectivity index (χ3n) is 4.08. The van der Waals surface area contributed by atoms with Crippen molar-refractivity contribution in [2.75, 3.05) is 5.32 Å². The maximum Gasteiger partial charge on any atom is 0.228 e. The number of amides is 1. The molecule has 0 spiro atoms. The van der Waals surface area contributed by atoms with Crippen LogP contribution in [0.5, 0.6) is 0 Å². The Morgan fingerprint density at radius 1 is 1.19 bits per heavy atom. The second kappa shape index (κ2) is 5.68. The molecule has 0 bridgehead atoms. The van der Waals surface area contributed by atoms with Crippen LogP contribution in [0.1, 0.15) is 30.4 Å². The quantitative estimate of drug-likeness (QED) is 0.898. The zero-order valence-corrected chi connectivity index (χ0v) is 12.0. The summed E-state index contributed by atoms with van der Waals surface area (Å²) in [5, 5.41) is 3.02. The highest BCUT2D eigenvalue weighted by molar-refractivity contribution is 5.95. The number of aryl methyl sites for hydroxylation is 1. The number of anilines is 1. The molecule has 1 N–H and O–H groups in total. The van der Waals surface area contributed by atoms with Crippen molar-refractivity contribution in [2.45, 2.75) is 25.7 Å². The van der Waals surface area contributed by atoms with Crippen LogP contribution < -0.4 is 5.32 Å². The summed E-state index contributed by atoms with van der Waals surface area (Å²) in [7, 11) is 0. The summed E-state index contributed by atoms with van der Waals surface area (Å²) in [6, 6.07) is 14.3. The third kappa shape index (κ3) is 2.97. The van der Waals surface area contributed by atoms with E-state index in [1.807, 2.05) is 24.3 Å². The van der Waals surface area contributed by atoms with E-state index in [0.717, 1.165) is 29.7 Å². The summed E-state index contributed by atoms with van der Waals surface area (Å²) in [6.45, 7) is 2.07. The Morgan fingerprint density at radius 3 is 2.62 bits per heavy atom. The van der Waals surface area contributed by atoms with Crippen molar-refractivity contribution in [2.24, 2.45) is 5.92 Å². The van der Waals surface area contributed by atoms with Crippen LogP contribution in [-0.4, -0.2) is 5.91 Å². The molecule has 2 aromatic carbocycles. The zero-order valence-electron chi connectivity index (χ0n) is 12.0. The maximum atomic E-state index is 12.9. The van der Waals surface area contributed by atoms with Crippen LogP contribution >= 0.6 is 0 Å². The summed E-state index contributed by atoms with van der Waals surface area (Å²) in [5.41, 5.74) is 3.08. The molecule has 0 saturated heterocycles. The Hall–Kier alpha value is -2.16. The van der Waals surface area contributed by atoms with Gasteiger partial charge >= 0.3 is 0 Å². The monoisotopic (exact) mass is 283 g/mol. The van der Waals surface area contributed by atoms with Crippen molar-refractivity contribution in [1.29, 1.82) is 0 Å². The largest absolute Gasteiger partial charge is 0.326 e. The average molecular weight is 283 g/mol. The highest BCUT2D eigenvalue weighted by Gasteiger charge is 2.43. The normalized spacial score (nSPS) is 20.1. The number of para-hydroxylation sites is 1. The molecular formula is C18H18FNO. The molecule has 2 aromatic rings. The second-order valence-corrected chi connectivity index (χ2v) is 5.50. The minimum atomic E-state index is -0.239. The summed E-state index contributed by atoms with van der Waals surface area (Å²) >= 11 is 0. The summed E-state index contributed by atoms with van der Waals surface area (Å²) in [5.74, 6) is 0.0438. The summed E-state index contributed by atoms with van der Waals surface area (Å²) < 4.78 is 12.9. The van der Waals surface area contributed by atoms with Crippen LogP contribution in [0.4, 0.5) is 10.1 Å². The predicted octanol–water partition coefficient (Wildman–Crippen LogP) is 4.13. The number of carbonyl (C=O) groups excluding carboxylic acids is 1. The lowest BCUT2D eigenvalue weighted by Gasteiger charge is -2.09. The molecule has 2 atom stereocenters. The number of benzene rings is 2. The Bertz CT molecular complexity index is 651. The number of hydrogen-bond donors (Lipinski definition) is 1. The van der Waals surface area contributed by atoms with Crippen molar-refractivity contribution in [3.05, 3.63) is 65.5 Å². The molecule has 0 heterocycles. The van der Waals surface area contributed by atoms with Gasteiger partial charge in [-0.2, -0.15) is 0 Å². The second-order valence-electron chi connectivity index (χ2n) is 5.50. The molecule has 1 aliphatic rings. The van der Waals surface area contributed by atoms with Crippen LogP contribution in [-0.2, 0) is 11.2 Å². The molecule has 3 rings (SSSR count). The number of nitrogens with one attached hydrogen (secondary N) is 1. The molecule has 0 radical (unpaired) electrons. The fourth-order valence-corrected chi connectivity index (χ4v) is 2.74. The Labute approximate surface area is 124 Å². The van der Waals surface area contributed by atoms with Gasteiger partial charge in [0.2, 0.25) is 5.91 Å². The van der Waals surface area contributed by atoms with Crippen molar-refractivity contribution in [3.8, 4) is 0 Å². The first kappa shape index (κ1) is 13.8. The molecule has 0 aromatic heterocycles. The van der Waals surface area contributed by atoms with E-state index in [4.69, 9.17) is 0 Å². The summed E-state index contributed by atoms with van der Waals surface area (Å²) in [4.78, 5) is 12.3. The minimum Gasteiger partial charge on any atom is -0.326 e. The first-order valence-electron chi connectivity index (χ1n) is 7.33. The Balaban J connectivity index is 1.66. The SMILES string of the molecule is CCc1ccccc1NC(=O)[C@@H]1C[C@H]1c1ccc(F)cc1. The van der Waals surface area contributed by atoms with Gasteiger partial charge < -0.3 is 5.32 Å². The van der Waals surface area contributed by atoms with Crippen molar-refractivity contribution in [3.63, 3.8) is 0 Å². The van der Waals surface area contributed by atoms with Crippen molar-refractivity contribution >= 4 is 11.6 Å². The van der Waals surface area contributed by atoms with E-state index in [2.05, 4.69) is 12.2 Å². The zero-order chi connectivity index (χ0) is 14.8. The molecule has 0 aliphatic heterocycles. The fraction of sp³-hybridized carbons (Fsp3) is 0.278. The van der Waals surface area contributed by atoms with Crippen LogP contribution in [0.15, 0.2) is 48.5 Å². The van der Waals surface area contributed by atoms with Crippen LogP contribution in [0.3, 0.4) is 0 Å². The highest BCUT2D eigenvalue weighted by Crippen LogP contribution is 2.48. The van der Waals surface area contributed by atoms with Gasteiger partial charge in [-0.15, -0.1) is 0 Å². The molecular weight excluding hydrogens is 265 g/mol. The van der Waals surface area contributed by atoms with Gasteiger partial charge in [0, 0.05) is 11.6 Å².